The third-order valence-corrected chi connectivity index (χ3v) is 2.15. The van der Waals surface area contributed by atoms with Crippen molar-refractivity contribution in [2.75, 3.05) is 6.54 Å². The molecule has 0 N–H and O–H groups in total. The van der Waals surface area contributed by atoms with Gasteiger partial charge in [0, 0.05) is 6.54 Å². The molecule has 1 saturated heterocycles. The average Bonchev–Trinajstić information content (AvgIpc) is 2.52. The van der Waals surface area contributed by atoms with Gasteiger partial charge < -0.3 is 14.8 Å². The minimum Gasteiger partial charge on any atom is -0.548 e. The molecule has 1 rings (SSSR count). The van der Waals surface area contributed by atoms with Crippen molar-refractivity contribution in [1.82, 2.24) is 4.90 Å². The van der Waals surface area contributed by atoms with Gasteiger partial charge in [-0.3, -0.25) is 0 Å². The van der Waals surface area contributed by atoms with Crippen LogP contribution in [0.1, 0.15) is 19.8 Å². The molecule has 1 unspecified atom stereocenters. The first kappa shape index (κ1) is 13.4. The molecule has 70 valence electrons. The fourth-order valence-corrected chi connectivity index (χ4v) is 1.54. The van der Waals surface area contributed by atoms with Crippen molar-refractivity contribution in [2.24, 2.45) is 4.99 Å². The number of carbonyl (C=O) groups is 1. The second-order valence-corrected chi connectivity index (χ2v) is 2.93. The van der Waals surface area contributed by atoms with E-state index in [-0.39, 0.29) is 29.6 Å². The predicted octanol–water partition coefficient (Wildman–Crippen LogP) is -3.90. The standard InChI is InChI=1S/C8H11N3O2.Na/c1-6(10-5-9)11-4-2-3-7(11)8(12)13;/h7H,2-4H2,1H3,(H,12,13);/q;+1/p-1. The van der Waals surface area contributed by atoms with Crippen LogP contribution in [-0.2, 0) is 4.79 Å². The maximum atomic E-state index is 10.6. The summed E-state index contributed by atoms with van der Waals surface area (Å²) in [5.41, 5.74) is 0. The van der Waals surface area contributed by atoms with E-state index in [0.29, 0.717) is 18.8 Å². The van der Waals surface area contributed by atoms with Gasteiger partial charge in [-0.05, 0) is 19.8 Å². The second-order valence-electron chi connectivity index (χ2n) is 2.93. The van der Waals surface area contributed by atoms with Crippen molar-refractivity contribution < 1.29 is 39.5 Å². The number of carbonyl (C=O) groups excluding carboxylic acids is 1. The summed E-state index contributed by atoms with van der Waals surface area (Å²) in [6.07, 6.45) is 3.01. The SMILES string of the molecule is CC(=NC#N)N1CCCC1C(=O)[O-].[Na+]. The summed E-state index contributed by atoms with van der Waals surface area (Å²) < 4.78 is 0. The van der Waals surface area contributed by atoms with Crippen molar-refractivity contribution in [3.05, 3.63) is 0 Å². The predicted molar refractivity (Wildman–Crippen MR) is 43.5 cm³/mol. The molecule has 0 radical (unpaired) electrons. The molecule has 1 fully saturated rings. The van der Waals surface area contributed by atoms with Gasteiger partial charge in [-0.2, -0.15) is 10.3 Å². The molecule has 0 aromatic carbocycles. The Morgan fingerprint density at radius 1 is 1.71 bits per heavy atom. The van der Waals surface area contributed by atoms with Crippen molar-refractivity contribution in [1.29, 1.82) is 5.26 Å². The van der Waals surface area contributed by atoms with Gasteiger partial charge in [0.15, 0.2) is 0 Å². The zero-order valence-corrected chi connectivity index (χ0v) is 10.4. The minimum absolute atomic E-state index is 0. The normalized spacial score (nSPS) is 21.3. The third-order valence-electron chi connectivity index (χ3n) is 2.15. The minimum atomic E-state index is -1.09. The topological polar surface area (TPSA) is 79.5 Å². The van der Waals surface area contributed by atoms with Crippen LogP contribution in [0.25, 0.3) is 0 Å². The van der Waals surface area contributed by atoms with Crippen LogP contribution in [0.15, 0.2) is 4.99 Å². The van der Waals surface area contributed by atoms with Crippen LogP contribution in [0, 0.1) is 11.5 Å². The Morgan fingerprint density at radius 3 is 2.86 bits per heavy atom. The van der Waals surface area contributed by atoms with Crippen LogP contribution in [0.5, 0.6) is 0 Å². The van der Waals surface area contributed by atoms with Crippen molar-refractivity contribution >= 4 is 11.8 Å². The molecule has 0 bridgehead atoms. The molecule has 6 heteroatoms. The number of carboxylic acids is 1. The van der Waals surface area contributed by atoms with Gasteiger partial charge >= 0.3 is 29.6 Å². The van der Waals surface area contributed by atoms with E-state index in [9.17, 15) is 9.90 Å². The number of carboxylic acid groups (broad SMARTS) is 1. The Morgan fingerprint density at radius 2 is 2.36 bits per heavy atom. The van der Waals surface area contributed by atoms with Gasteiger partial charge in [0.2, 0.25) is 6.19 Å². The third kappa shape index (κ3) is 2.98. The number of aliphatic imine (C=N–C) groups is 1. The number of hydrogen-bond acceptors (Lipinski definition) is 4. The van der Waals surface area contributed by atoms with E-state index in [1.807, 2.05) is 0 Å². The Labute approximate surface area is 105 Å². The molecule has 1 atom stereocenters. The van der Waals surface area contributed by atoms with Crippen LogP contribution < -0.4 is 34.7 Å². The number of nitrogens with zero attached hydrogens (tertiary/aromatic N) is 3. The van der Waals surface area contributed by atoms with E-state index in [1.165, 1.54) is 0 Å². The molecule has 0 saturated carbocycles. The molecule has 0 aromatic rings. The fraction of sp³-hybridized carbons (Fsp3) is 0.625. The maximum absolute atomic E-state index is 10.6. The Balaban J connectivity index is 0.00000169. The smallest absolute Gasteiger partial charge is 0.548 e. The van der Waals surface area contributed by atoms with Gasteiger partial charge in [0.25, 0.3) is 0 Å². The van der Waals surface area contributed by atoms with E-state index in [4.69, 9.17) is 5.26 Å². The van der Waals surface area contributed by atoms with Crippen molar-refractivity contribution in [3.8, 4) is 6.19 Å². The van der Waals surface area contributed by atoms with Crippen molar-refractivity contribution in [2.45, 2.75) is 25.8 Å². The molecule has 0 aromatic heterocycles. The first-order valence-corrected chi connectivity index (χ1v) is 4.07. The van der Waals surface area contributed by atoms with Crippen LogP contribution >= 0.6 is 0 Å². The van der Waals surface area contributed by atoms with Gasteiger partial charge in [-0.25, -0.2) is 0 Å². The van der Waals surface area contributed by atoms with Gasteiger partial charge in [-0.1, -0.05) is 0 Å². The van der Waals surface area contributed by atoms with E-state index in [1.54, 1.807) is 18.0 Å². The van der Waals surface area contributed by atoms with Gasteiger partial charge in [0.05, 0.1) is 12.0 Å². The number of hydrogen-bond donors (Lipinski definition) is 0. The van der Waals surface area contributed by atoms with Gasteiger partial charge in [0.1, 0.15) is 5.84 Å². The summed E-state index contributed by atoms with van der Waals surface area (Å²) in [6.45, 7) is 2.26. The second kappa shape index (κ2) is 6.02. The zero-order chi connectivity index (χ0) is 9.84. The molecule has 1 heterocycles. The van der Waals surface area contributed by atoms with Crippen LogP contribution in [0.3, 0.4) is 0 Å². The Kier molecular flexibility index (Phi) is 5.77. The number of likely N-dealkylation sites (tertiary alicyclic amines) is 1. The first-order valence-electron chi connectivity index (χ1n) is 4.07. The van der Waals surface area contributed by atoms with Gasteiger partial charge in [-0.15, -0.1) is 0 Å². The van der Waals surface area contributed by atoms with Crippen LogP contribution in [0.4, 0.5) is 0 Å². The summed E-state index contributed by atoms with van der Waals surface area (Å²) in [5, 5.41) is 18.9. The summed E-state index contributed by atoms with van der Waals surface area (Å²) in [6, 6.07) is -0.614. The molecule has 14 heavy (non-hydrogen) atoms. The van der Waals surface area contributed by atoms with Crippen molar-refractivity contribution in [3.63, 3.8) is 0 Å². The largest absolute Gasteiger partial charge is 1.00 e. The molecular weight excluding hydrogens is 193 g/mol. The van der Waals surface area contributed by atoms with E-state index in [0.717, 1.165) is 6.42 Å². The number of aliphatic carboxylic acids is 1. The Bertz CT molecular complexity index is 285. The maximum Gasteiger partial charge on any atom is 1.00 e. The number of nitriles is 1. The average molecular weight is 203 g/mol. The summed E-state index contributed by atoms with van der Waals surface area (Å²) in [7, 11) is 0. The molecule has 0 spiro atoms. The van der Waals surface area contributed by atoms with E-state index >= 15 is 0 Å². The van der Waals surface area contributed by atoms with E-state index in [2.05, 4.69) is 4.99 Å². The fourth-order valence-electron chi connectivity index (χ4n) is 1.54. The Hall–Kier alpha value is -0.570. The number of rotatable bonds is 1. The monoisotopic (exact) mass is 203 g/mol. The molecular formula is C8H10N3NaO2. The molecule has 0 amide bonds. The summed E-state index contributed by atoms with van der Waals surface area (Å²) in [4.78, 5) is 15.7. The van der Waals surface area contributed by atoms with Crippen LogP contribution in [0.2, 0.25) is 0 Å². The summed E-state index contributed by atoms with van der Waals surface area (Å²) in [5.74, 6) is -0.640. The first-order chi connectivity index (χ1) is 6.16. The quantitative estimate of drug-likeness (QED) is 0.189. The van der Waals surface area contributed by atoms with E-state index < -0.39 is 12.0 Å². The van der Waals surface area contributed by atoms with Crippen LogP contribution in [-0.4, -0.2) is 29.3 Å². The molecule has 1 aliphatic heterocycles. The zero-order valence-electron chi connectivity index (χ0n) is 8.36. The molecule has 0 aliphatic carbocycles. The summed E-state index contributed by atoms with van der Waals surface area (Å²) >= 11 is 0. The molecule has 1 aliphatic rings. The molecule has 5 nitrogen and oxygen atoms in total. The number of amidine groups is 1.